The summed E-state index contributed by atoms with van der Waals surface area (Å²) in [6, 6.07) is 7.98. The zero-order valence-electron chi connectivity index (χ0n) is 13.1. The van der Waals surface area contributed by atoms with Gasteiger partial charge >= 0.3 is 0 Å². The summed E-state index contributed by atoms with van der Waals surface area (Å²) in [7, 11) is 0. The van der Waals surface area contributed by atoms with Crippen molar-refractivity contribution in [3.05, 3.63) is 35.4 Å². The van der Waals surface area contributed by atoms with E-state index in [1.54, 1.807) is 0 Å². The molecule has 116 valence electrons. The Hall–Kier alpha value is -1.39. The van der Waals surface area contributed by atoms with Gasteiger partial charge in [-0.25, -0.2) is 0 Å². The molecule has 1 aromatic carbocycles. The number of carbonyl (C=O) groups excluding carboxylic acids is 1. The minimum absolute atomic E-state index is 0.0644. The molecule has 1 atom stereocenters. The van der Waals surface area contributed by atoms with Gasteiger partial charge in [0, 0.05) is 13.0 Å². The monoisotopic (exact) mass is 291 g/mol. The van der Waals surface area contributed by atoms with Crippen LogP contribution in [0.5, 0.6) is 0 Å². The Labute approximate surface area is 126 Å². The maximum absolute atomic E-state index is 12.0. The lowest BCUT2D eigenvalue weighted by Crippen LogP contribution is -2.35. The summed E-state index contributed by atoms with van der Waals surface area (Å²) >= 11 is 0. The van der Waals surface area contributed by atoms with Crippen molar-refractivity contribution in [1.29, 1.82) is 0 Å². The lowest BCUT2D eigenvalue weighted by Gasteiger charge is -2.26. The molecular formula is C17H25NO3. The Morgan fingerprint density at radius 1 is 1.33 bits per heavy atom. The van der Waals surface area contributed by atoms with Gasteiger partial charge in [-0.3, -0.25) is 4.79 Å². The topological polar surface area (TPSA) is 47.6 Å². The number of benzene rings is 1. The van der Waals surface area contributed by atoms with Crippen LogP contribution in [-0.4, -0.2) is 31.5 Å². The number of carbonyl (C=O) groups is 1. The van der Waals surface area contributed by atoms with Crippen molar-refractivity contribution in [2.45, 2.75) is 39.4 Å². The molecule has 2 rings (SSSR count). The van der Waals surface area contributed by atoms with Crippen LogP contribution in [0.15, 0.2) is 24.3 Å². The standard InChI is InChI=1S/C17H25NO3/c1-13(11-17(3)20-8-9-21-17)12-18-16(19)10-15-7-5-4-6-14(15)2/h4-7,13H,8-12H2,1-3H3,(H,18,19). The van der Waals surface area contributed by atoms with Gasteiger partial charge in [0.25, 0.3) is 0 Å². The number of amides is 1. The Balaban J connectivity index is 1.75. The van der Waals surface area contributed by atoms with Crippen LogP contribution in [0, 0.1) is 12.8 Å². The summed E-state index contributed by atoms with van der Waals surface area (Å²) in [5.41, 5.74) is 2.23. The van der Waals surface area contributed by atoms with Crippen molar-refractivity contribution in [2.24, 2.45) is 5.92 Å². The van der Waals surface area contributed by atoms with Crippen LogP contribution in [0.3, 0.4) is 0 Å². The summed E-state index contributed by atoms with van der Waals surface area (Å²) in [6.07, 6.45) is 1.22. The highest BCUT2D eigenvalue weighted by atomic mass is 16.7. The first-order valence-electron chi connectivity index (χ1n) is 7.58. The smallest absolute Gasteiger partial charge is 0.224 e. The molecule has 1 aromatic rings. The normalized spacial score (nSPS) is 18.4. The van der Waals surface area contributed by atoms with Crippen molar-refractivity contribution in [3.63, 3.8) is 0 Å². The molecule has 1 unspecified atom stereocenters. The Bertz CT molecular complexity index is 481. The lowest BCUT2D eigenvalue weighted by atomic mass is 10.0. The fourth-order valence-electron chi connectivity index (χ4n) is 2.71. The number of nitrogens with one attached hydrogen (secondary N) is 1. The largest absolute Gasteiger partial charge is 0.356 e. The van der Waals surface area contributed by atoms with E-state index < -0.39 is 5.79 Å². The molecule has 0 bridgehead atoms. The molecule has 1 N–H and O–H groups in total. The fourth-order valence-corrected chi connectivity index (χ4v) is 2.71. The first-order valence-corrected chi connectivity index (χ1v) is 7.58. The third-order valence-electron chi connectivity index (χ3n) is 3.88. The van der Waals surface area contributed by atoms with Gasteiger partial charge in [-0.1, -0.05) is 31.2 Å². The second kappa shape index (κ2) is 7.05. The van der Waals surface area contributed by atoms with Gasteiger partial charge < -0.3 is 14.8 Å². The predicted octanol–water partition coefficient (Wildman–Crippen LogP) is 2.44. The summed E-state index contributed by atoms with van der Waals surface area (Å²) in [4.78, 5) is 12.0. The second-order valence-corrected chi connectivity index (χ2v) is 6.05. The third kappa shape index (κ3) is 4.83. The minimum Gasteiger partial charge on any atom is -0.356 e. The van der Waals surface area contributed by atoms with E-state index in [1.807, 2.05) is 38.1 Å². The molecule has 4 heteroatoms. The van der Waals surface area contributed by atoms with Gasteiger partial charge in [0.1, 0.15) is 0 Å². The average Bonchev–Trinajstić information content (AvgIpc) is 2.85. The maximum atomic E-state index is 12.0. The highest BCUT2D eigenvalue weighted by molar-refractivity contribution is 5.78. The molecule has 1 aliphatic rings. The predicted molar refractivity (Wildman–Crippen MR) is 82.0 cm³/mol. The molecule has 4 nitrogen and oxygen atoms in total. The van der Waals surface area contributed by atoms with Gasteiger partial charge in [0.05, 0.1) is 19.6 Å². The molecule has 1 heterocycles. The summed E-state index contributed by atoms with van der Waals surface area (Å²) in [6.45, 7) is 8.05. The van der Waals surface area contributed by atoms with Crippen LogP contribution in [0.4, 0.5) is 0 Å². The number of aryl methyl sites for hydroxylation is 1. The van der Waals surface area contributed by atoms with Crippen LogP contribution in [0.1, 0.15) is 31.4 Å². The number of ether oxygens (including phenoxy) is 2. The molecular weight excluding hydrogens is 266 g/mol. The molecule has 0 saturated carbocycles. The quantitative estimate of drug-likeness (QED) is 0.875. The van der Waals surface area contributed by atoms with E-state index in [9.17, 15) is 4.79 Å². The first-order chi connectivity index (χ1) is 9.98. The van der Waals surface area contributed by atoms with Crippen LogP contribution < -0.4 is 5.32 Å². The maximum Gasteiger partial charge on any atom is 0.224 e. The van der Waals surface area contributed by atoms with E-state index in [0.29, 0.717) is 32.1 Å². The number of rotatable bonds is 6. The van der Waals surface area contributed by atoms with Crippen LogP contribution in [-0.2, 0) is 20.7 Å². The van der Waals surface area contributed by atoms with Crippen molar-refractivity contribution in [1.82, 2.24) is 5.32 Å². The third-order valence-corrected chi connectivity index (χ3v) is 3.88. The van der Waals surface area contributed by atoms with Crippen molar-refractivity contribution in [3.8, 4) is 0 Å². The van der Waals surface area contributed by atoms with E-state index in [-0.39, 0.29) is 5.91 Å². The van der Waals surface area contributed by atoms with Gasteiger partial charge in [0.2, 0.25) is 5.91 Å². The minimum atomic E-state index is -0.486. The molecule has 0 radical (unpaired) electrons. The van der Waals surface area contributed by atoms with E-state index in [2.05, 4.69) is 12.2 Å². The fraction of sp³-hybridized carbons (Fsp3) is 0.588. The van der Waals surface area contributed by atoms with Crippen LogP contribution >= 0.6 is 0 Å². The van der Waals surface area contributed by atoms with Gasteiger partial charge in [0.15, 0.2) is 5.79 Å². The van der Waals surface area contributed by atoms with Gasteiger partial charge in [-0.15, -0.1) is 0 Å². The summed E-state index contributed by atoms with van der Waals surface area (Å²) in [5, 5.41) is 3.00. The Morgan fingerprint density at radius 2 is 2.00 bits per heavy atom. The van der Waals surface area contributed by atoms with Crippen LogP contribution in [0.2, 0.25) is 0 Å². The SMILES string of the molecule is Cc1ccccc1CC(=O)NCC(C)CC1(C)OCCO1. The molecule has 0 aromatic heterocycles. The highest BCUT2D eigenvalue weighted by Gasteiger charge is 2.32. The molecule has 1 aliphatic heterocycles. The first kappa shape index (κ1) is 16.0. The van der Waals surface area contributed by atoms with Gasteiger partial charge in [-0.2, -0.15) is 0 Å². The number of hydrogen-bond donors (Lipinski definition) is 1. The van der Waals surface area contributed by atoms with Crippen molar-refractivity contribution in [2.75, 3.05) is 19.8 Å². The molecule has 0 spiro atoms. The zero-order chi connectivity index (χ0) is 15.3. The van der Waals surface area contributed by atoms with E-state index in [0.717, 1.165) is 17.5 Å². The van der Waals surface area contributed by atoms with Crippen molar-refractivity contribution >= 4 is 5.91 Å². The second-order valence-electron chi connectivity index (χ2n) is 6.05. The highest BCUT2D eigenvalue weighted by Crippen LogP contribution is 2.26. The van der Waals surface area contributed by atoms with E-state index in [1.165, 1.54) is 0 Å². The Morgan fingerprint density at radius 3 is 2.67 bits per heavy atom. The molecule has 21 heavy (non-hydrogen) atoms. The van der Waals surface area contributed by atoms with Gasteiger partial charge in [-0.05, 0) is 30.9 Å². The number of hydrogen-bond acceptors (Lipinski definition) is 3. The molecule has 1 saturated heterocycles. The van der Waals surface area contributed by atoms with Crippen molar-refractivity contribution < 1.29 is 14.3 Å². The summed E-state index contributed by atoms with van der Waals surface area (Å²) < 4.78 is 11.2. The molecule has 0 aliphatic carbocycles. The molecule has 1 amide bonds. The zero-order valence-corrected chi connectivity index (χ0v) is 13.1. The van der Waals surface area contributed by atoms with E-state index >= 15 is 0 Å². The summed E-state index contributed by atoms with van der Waals surface area (Å²) in [5.74, 6) is -0.108. The van der Waals surface area contributed by atoms with E-state index in [4.69, 9.17) is 9.47 Å². The lowest BCUT2D eigenvalue weighted by molar-refractivity contribution is -0.154. The average molecular weight is 291 g/mol. The Kier molecular flexibility index (Phi) is 5.37. The van der Waals surface area contributed by atoms with Crippen LogP contribution in [0.25, 0.3) is 0 Å². The molecule has 1 fully saturated rings.